The number of hydrogen-bond donors (Lipinski definition) is 1. The van der Waals surface area contributed by atoms with Crippen molar-refractivity contribution in [1.82, 2.24) is 9.38 Å². The molecule has 0 aliphatic carbocycles. The van der Waals surface area contributed by atoms with Crippen LogP contribution in [-0.2, 0) is 10.3 Å². The van der Waals surface area contributed by atoms with Crippen LogP contribution in [0.2, 0.25) is 0 Å². The molecule has 1 saturated heterocycles. The molecule has 2 aromatic rings. The Kier molecular flexibility index (Phi) is 2.02. The van der Waals surface area contributed by atoms with Gasteiger partial charge in [-0.25, -0.2) is 4.98 Å². The summed E-state index contributed by atoms with van der Waals surface area (Å²) < 4.78 is 7.46. The number of ether oxygens (including phenoxy) is 1. The van der Waals surface area contributed by atoms with Gasteiger partial charge in [-0.05, 0) is 25.0 Å². The van der Waals surface area contributed by atoms with Gasteiger partial charge in [0.05, 0.1) is 18.3 Å². The first-order valence-electron chi connectivity index (χ1n) is 5.50. The van der Waals surface area contributed by atoms with Crippen molar-refractivity contribution in [1.29, 1.82) is 0 Å². The Labute approximate surface area is 94.0 Å². The Morgan fingerprint density at radius 2 is 2.44 bits per heavy atom. The maximum atomic E-state index is 6.33. The molecule has 2 aromatic heterocycles. The van der Waals surface area contributed by atoms with Crippen molar-refractivity contribution in [2.75, 3.05) is 13.2 Å². The third-order valence-electron chi connectivity index (χ3n) is 3.28. The summed E-state index contributed by atoms with van der Waals surface area (Å²) in [5.74, 6) is 0.906. The van der Waals surface area contributed by atoms with Crippen molar-refractivity contribution in [3.05, 3.63) is 35.9 Å². The zero-order chi connectivity index (χ0) is 11.2. The summed E-state index contributed by atoms with van der Waals surface area (Å²) in [6.45, 7) is 3.35. The summed E-state index contributed by atoms with van der Waals surface area (Å²) in [5, 5.41) is 0. The molecule has 0 spiro atoms. The fraction of sp³-hybridized carbons (Fsp3) is 0.417. The average molecular weight is 217 g/mol. The lowest BCUT2D eigenvalue weighted by Gasteiger charge is -2.20. The molecule has 3 rings (SSSR count). The van der Waals surface area contributed by atoms with E-state index in [1.807, 2.05) is 18.5 Å². The molecule has 0 bridgehead atoms. The van der Waals surface area contributed by atoms with Crippen molar-refractivity contribution < 1.29 is 4.74 Å². The van der Waals surface area contributed by atoms with Crippen molar-refractivity contribution in [3.63, 3.8) is 0 Å². The van der Waals surface area contributed by atoms with Gasteiger partial charge in [0.25, 0.3) is 0 Å². The molecule has 4 nitrogen and oxygen atoms in total. The molecular weight excluding hydrogens is 202 g/mol. The van der Waals surface area contributed by atoms with Crippen LogP contribution in [-0.4, -0.2) is 22.6 Å². The van der Waals surface area contributed by atoms with E-state index in [1.165, 1.54) is 5.56 Å². The van der Waals surface area contributed by atoms with Crippen molar-refractivity contribution in [3.8, 4) is 0 Å². The predicted molar refractivity (Wildman–Crippen MR) is 61.2 cm³/mol. The molecule has 4 heteroatoms. The molecule has 0 saturated carbocycles. The van der Waals surface area contributed by atoms with E-state index in [0.717, 1.165) is 24.4 Å². The van der Waals surface area contributed by atoms with Gasteiger partial charge in [-0.2, -0.15) is 0 Å². The van der Waals surface area contributed by atoms with Gasteiger partial charge >= 0.3 is 0 Å². The van der Waals surface area contributed by atoms with E-state index in [-0.39, 0.29) is 0 Å². The lowest BCUT2D eigenvalue weighted by Crippen LogP contribution is -2.39. The highest BCUT2D eigenvalue weighted by atomic mass is 16.5. The molecule has 1 unspecified atom stereocenters. The second-order valence-electron chi connectivity index (χ2n) is 4.49. The highest BCUT2D eigenvalue weighted by Gasteiger charge is 2.36. The fourth-order valence-electron chi connectivity index (χ4n) is 2.29. The number of rotatable bonds is 1. The minimum atomic E-state index is -0.430. The number of aromatic nitrogens is 2. The zero-order valence-corrected chi connectivity index (χ0v) is 9.31. The summed E-state index contributed by atoms with van der Waals surface area (Å²) in [4.78, 5) is 4.47. The van der Waals surface area contributed by atoms with Crippen LogP contribution in [0.5, 0.6) is 0 Å². The Morgan fingerprint density at radius 3 is 3.19 bits per heavy atom. The summed E-state index contributed by atoms with van der Waals surface area (Å²) in [6.07, 6.45) is 4.73. The van der Waals surface area contributed by atoms with Gasteiger partial charge in [0.15, 0.2) is 0 Å². The molecule has 1 atom stereocenters. The number of nitrogens with zero attached hydrogens (tertiary/aromatic N) is 2. The fourth-order valence-corrected chi connectivity index (χ4v) is 2.29. The Balaban J connectivity index is 2.21. The standard InChI is InChI=1S/C12H15N3O/c1-9-3-2-5-15-10(9)7-14-11(15)12(13)4-6-16-8-12/h2-3,5,7H,4,6,8,13H2,1H3. The third kappa shape index (κ3) is 1.27. The summed E-state index contributed by atoms with van der Waals surface area (Å²) in [6, 6.07) is 4.10. The molecule has 1 fully saturated rings. The largest absolute Gasteiger partial charge is 0.379 e. The number of pyridine rings is 1. The topological polar surface area (TPSA) is 52.5 Å². The molecule has 16 heavy (non-hydrogen) atoms. The molecule has 0 radical (unpaired) electrons. The second-order valence-corrected chi connectivity index (χ2v) is 4.49. The monoisotopic (exact) mass is 217 g/mol. The van der Waals surface area contributed by atoms with Crippen LogP contribution in [0.1, 0.15) is 17.8 Å². The van der Waals surface area contributed by atoms with Gasteiger partial charge in [-0.1, -0.05) is 6.07 Å². The van der Waals surface area contributed by atoms with Crippen LogP contribution in [0.4, 0.5) is 0 Å². The van der Waals surface area contributed by atoms with Crippen molar-refractivity contribution in [2.45, 2.75) is 18.9 Å². The molecule has 3 heterocycles. The Morgan fingerprint density at radius 1 is 1.56 bits per heavy atom. The van der Waals surface area contributed by atoms with Crippen molar-refractivity contribution in [2.24, 2.45) is 5.73 Å². The van der Waals surface area contributed by atoms with E-state index >= 15 is 0 Å². The number of nitrogens with two attached hydrogens (primary N) is 1. The quantitative estimate of drug-likeness (QED) is 0.781. The van der Waals surface area contributed by atoms with Gasteiger partial charge in [0.2, 0.25) is 0 Å². The van der Waals surface area contributed by atoms with Gasteiger partial charge in [0, 0.05) is 12.8 Å². The average Bonchev–Trinajstić information content (AvgIpc) is 2.85. The molecule has 1 aliphatic heterocycles. The van der Waals surface area contributed by atoms with Crippen LogP contribution in [0.15, 0.2) is 24.5 Å². The Hall–Kier alpha value is -1.39. The van der Waals surface area contributed by atoms with Gasteiger partial charge in [0.1, 0.15) is 11.4 Å². The molecule has 1 aliphatic rings. The molecule has 0 aromatic carbocycles. The first-order chi connectivity index (χ1) is 7.71. The zero-order valence-electron chi connectivity index (χ0n) is 9.31. The van der Waals surface area contributed by atoms with Gasteiger partial charge in [-0.15, -0.1) is 0 Å². The smallest absolute Gasteiger partial charge is 0.135 e. The van der Waals surface area contributed by atoms with Crippen LogP contribution in [0.3, 0.4) is 0 Å². The molecular formula is C12H15N3O. The van der Waals surface area contributed by atoms with Crippen LogP contribution in [0.25, 0.3) is 5.52 Å². The van der Waals surface area contributed by atoms with Crippen molar-refractivity contribution >= 4 is 5.52 Å². The lowest BCUT2D eigenvalue weighted by molar-refractivity contribution is 0.176. The summed E-state index contributed by atoms with van der Waals surface area (Å²) >= 11 is 0. The predicted octanol–water partition coefficient (Wildman–Crippen LogP) is 1.22. The normalized spacial score (nSPS) is 25.4. The van der Waals surface area contributed by atoms with E-state index in [9.17, 15) is 0 Å². The van der Waals surface area contributed by atoms with E-state index < -0.39 is 5.54 Å². The van der Waals surface area contributed by atoms with E-state index in [4.69, 9.17) is 10.5 Å². The first-order valence-corrected chi connectivity index (χ1v) is 5.50. The Bertz CT molecular complexity index is 526. The second kappa shape index (κ2) is 3.30. The van der Waals surface area contributed by atoms with E-state index in [0.29, 0.717) is 6.61 Å². The first kappa shape index (κ1) is 9.81. The maximum Gasteiger partial charge on any atom is 0.135 e. The summed E-state index contributed by atoms with van der Waals surface area (Å²) in [7, 11) is 0. The van der Waals surface area contributed by atoms with E-state index in [1.54, 1.807) is 0 Å². The third-order valence-corrected chi connectivity index (χ3v) is 3.28. The highest BCUT2D eigenvalue weighted by Crippen LogP contribution is 2.27. The minimum absolute atomic E-state index is 0.430. The van der Waals surface area contributed by atoms with Crippen LogP contribution >= 0.6 is 0 Å². The van der Waals surface area contributed by atoms with Crippen LogP contribution in [0, 0.1) is 6.92 Å². The van der Waals surface area contributed by atoms with E-state index in [2.05, 4.69) is 22.4 Å². The number of aryl methyl sites for hydroxylation is 1. The van der Waals surface area contributed by atoms with Gasteiger partial charge in [-0.3, -0.25) is 0 Å². The number of fused-ring (bicyclic) bond motifs is 1. The van der Waals surface area contributed by atoms with Crippen LogP contribution < -0.4 is 5.73 Å². The molecule has 2 N–H and O–H groups in total. The summed E-state index contributed by atoms with van der Waals surface area (Å²) in [5.41, 5.74) is 8.23. The van der Waals surface area contributed by atoms with Gasteiger partial charge < -0.3 is 14.9 Å². The number of hydrogen-bond acceptors (Lipinski definition) is 3. The maximum absolute atomic E-state index is 6.33. The highest BCUT2D eigenvalue weighted by molar-refractivity contribution is 5.53. The number of imidazole rings is 1. The molecule has 0 amide bonds. The minimum Gasteiger partial charge on any atom is -0.379 e. The molecule has 84 valence electrons. The lowest BCUT2D eigenvalue weighted by atomic mass is 9.99. The SMILES string of the molecule is Cc1cccn2c(C3(N)CCOC3)ncc12.